The molecule has 0 unspecified atom stereocenters. The maximum Gasteiger partial charge on any atom is 0.323 e. The third-order valence-corrected chi connectivity index (χ3v) is 3.66. The lowest BCUT2D eigenvalue weighted by Crippen LogP contribution is -2.29. The van der Waals surface area contributed by atoms with Crippen molar-refractivity contribution in [1.82, 2.24) is 0 Å². The van der Waals surface area contributed by atoms with Gasteiger partial charge in [-0.15, -0.1) is 0 Å². The third-order valence-electron chi connectivity index (χ3n) is 3.04. The van der Waals surface area contributed by atoms with E-state index >= 15 is 0 Å². The predicted octanol–water partition coefficient (Wildman–Crippen LogP) is 3.55. The molecule has 0 saturated heterocycles. The number of methoxy groups -OCH3 is 1. The number of benzene rings is 2. The van der Waals surface area contributed by atoms with Crippen LogP contribution in [0.3, 0.4) is 0 Å². The lowest BCUT2D eigenvalue weighted by atomic mass is 10.2. The summed E-state index contributed by atoms with van der Waals surface area (Å²) in [5, 5.41) is 9.09. The van der Waals surface area contributed by atoms with Crippen LogP contribution in [0.1, 0.15) is 5.56 Å². The van der Waals surface area contributed by atoms with Crippen molar-refractivity contribution in [2.45, 2.75) is 6.54 Å². The lowest BCUT2D eigenvalue weighted by Gasteiger charge is -2.23. The zero-order chi connectivity index (χ0) is 15.2. The summed E-state index contributed by atoms with van der Waals surface area (Å²) in [4.78, 5) is 12.9. The fourth-order valence-corrected chi connectivity index (χ4v) is 2.66. The molecule has 0 aliphatic rings. The summed E-state index contributed by atoms with van der Waals surface area (Å²) < 4.78 is 6.05. The molecule has 0 bridgehead atoms. The SMILES string of the molecule is COc1ccc(CN(CC(=O)O)c2ccccc2)cc1Br. The predicted molar refractivity (Wildman–Crippen MR) is 85.8 cm³/mol. The molecule has 0 saturated carbocycles. The zero-order valence-electron chi connectivity index (χ0n) is 11.6. The van der Waals surface area contributed by atoms with E-state index in [1.54, 1.807) is 7.11 Å². The monoisotopic (exact) mass is 349 g/mol. The lowest BCUT2D eigenvalue weighted by molar-refractivity contribution is -0.135. The van der Waals surface area contributed by atoms with Crippen molar-refractivity contribution in [1.29, 1.82) is 0 Å². The molecule has 2 aromatic rings. The number of nitrogens with zero attached hydrogens (tertiary/aromatic N) is 1. The summed E-state index contributed by atoms with van der Waals surface area (Å²) >= 11 is 3.44. The Kier molecular flexibility index (Phi) is 5.22. The number of ether oxygens (including phenoxy) is 1. The molecule has 1 N–H and O–H groups in total. The van der Waals surface area contributed by atoms with Gasteiger partial charge in [-0.1, -0.05) is 24.3 Å². The van der Waals surface area contributed by atoms with Gasteiger partial charge in [0.05, 0.1) is 11.6 Å². The highest BCUT2D eigenvalue weighted by Crippen LogP contribution is 2.27. The first kappa shape index (κ1) is 15.4. The number of rotatable bonds is 6. The van der Waals surface area contributed by atoms with E-state index in [0.717, 1.165) is 21.5 Å². The minimum atomic E-state index is -0.855. The Balaban J connectivity index is 2.23. The first-order valence-corrected chi connectivity index (χ1v) is 7.23. The van der Waals surface area contributed by atoms with Gasteiger partial charge in [0.1, 0.15) is 12.3 Å². The van der Waals surface area contributed by atoms with E-state index in [1.807, 2.05) is 53.4 Å². The quantitative estimate of drug-likeness (QED) is 0.866. The normalized spacial score (nSPS) is 10.2. The average molecular weight is 350 g/mol. The van der Waals surface area contributed by atoms with Gasteiger partial charge in [0, 0.05) is 12.2 Å². The molecule has 0 aromatic heterocycles. The number of carbonyl (C=O) groups is 1. The van der Waals surface area contributed by atoms with Gasteiger partial charge in [-0.25, -0.2) is 0 Å². The van der Waals surface area contributed by atoms with E-state index in [2.05, 4.69) is 15.9 Å². The van der Waals surface area contributed by atoms with Crippen LogP contribution in [0.2, 0.25) is 0 Å². The number of halogens is 1. The highest BCUT2D eigenvalue weighted by atomic mass is 79.9. The number of anilines is 1. The highest BCUT2D eigenvalue weighted by molar-refractivity contribution is 9.10. The first-order chi connectivity index (χ1) is 10.1. The molecule has 0 amide bonds. The molecule has 2 rings (SSSR count). The zero-order valence-corrected chi connectivity index (χ0v) is 13.2. The van der Waals surface area contributed by atoms with Gasteiger partial charge in [-0.2, -0.15) is 0 Å². The molecule has 5 heteroatoms. The molecular weight excluding hydrogens is 334 g/mol. The van der Waals surface area contributed by atoms with E-state index < -0.39 is 5.97 Å². The highest BCUT2D eigenvalue weighted by Gasteiger charge is 2.12. The van der Waals surface area contributed by atoms with Crippen LogP contribution in [0.4, 0.5) is 5.69 Å². The standard InChI is InChI=1S/C16H16BrNO3/c1-21-15-8-7-12(9-14(15)17)10-18(11-16(19)20)13-5-3-2-4-6-13/h2-9H,10-11H2,1H3,(H,19,20). The van der Waals surface area contributed by atoms with Crippen molar-refractivity contribution in [3.63, 3.8) is 0 Å². The summed E-state index contributed by atoms with van der Waals surface area (Å²) in [5.41, 5.74) is 1.89. The summed E-state index contributed by atoms with van der Waals surface area (Å²) in [6.07, 6.45) is 0. The van der Waals surface area contributed by atoms with Crippen molar-refractivity contribution < 1.29 is 14.6 Å². The minimum Gasteiger partial charge on any atom is -0.496 e. The van der Waals surface area contributed by atoms with E-state index in [1.165, 1.54) is 0 Å². The molecule has 4 nitrogen and oxygen atoms in total. The van der Waals surface area contributed by atoms with E-state index in [4.69, 9.17) is 9.84 Å². The topological polar surface area (TPSA) is 49.8 Å². The Bertz CT molecular complexity index is 616. The van der Waals surface area contributed by atoms with Crippen molar-refractivity contribution in [3.05, 3.63) is 58.6 Å². The second-order valence-corrected chi connectivity index (χ2v) is 5.41. The molecule has 0 radical (unpaired) electrons. The Morgan fingerprint density at radius 1 is 1.24 bits per heavy atom. The molecule has 0 fully saturated rings. The molecule has 2 aromatic carbocycles. The van der Waals surface area contributed by atoms with Gasteiger partial charge in [-0.05, 0) is 45.8 Å². The maximum absolute atomic E-state index is 11.1. The summed E-state index contributed by atoms with van der Waals surface area (Å²) in [5.74, 6) is -0.102. The van der Waals surface area contributed by atoms with Gasteiger partial charge in [-0.3, -0.25) is 4.79 Å². The molecule has 0 aliphatic heterocycles. The molecule has 0 heterocycles. The van der Waals surface area contributed by atoms with E-state index in [9.17, 15) is 4.79 Å². The Morgan fingerprint density at radius 2 is 1.95 bits per heavy atom. The number of hydrogen-bond acceptors (Lipinski definition) is 3. The molecular formula is C16H16BrNO3. The molecule has 0 spiro atoms. The van der Waals surface area contributed by atoms with Crippen LogP contribution in [-0.4, -0.2) is 24.7 Å². The fraction of sp³-hybridized carbons (Fsp3) is 0.188. The number of aliphatic carboxylic acids is 1. The van der Waals surface area contributed by atoms with Crippen LogP contribution in [0, 0.1) is 0 Å². The van der Waals surface area contributed by atoms with Crippen molar-refractivity contribution in [3.8, 4) is 5.75 Å². The van der Waals surface area contributed by atoms with Crippen LogP contribution >= 0.6 is 15.9 Å². The van der Waals surface area contributed by atoms with Crippen LogP contribution in [0.25, 0.3) is 0 Å². The summed E-state index contributed by atoms with van der Waals surface area (Å²) in [6.45, 7) is 0.465. The van der Waals surface area contributed by atoms with Gasteiger partial charge in [0.15, 0.2) is 0 Å². The van der Waals surface area contributed by atoms with Gasteiger partial charge in [0.25, 0.3) is 0 Å². The molecule has 110 valence electrons. The second-order valence-electron chi connectivity index (χ2n) is 4.55. The Labute approximate surface area is 132 Å². The number of hydrogen-bond donors (Lipinski definition) is 1. The first-order valence-electron chi connectivity index (χ1n) is 6.44. The third kappa shape index (κ3) is 4.23. The number of carboxylic acid groups (broad SMARTS) is 1. The molecule has 0 aliphatic carbocycles. The van der Waals surface area contributed by atoms with Crippen LogP contribution < -0.4 is 9.64 Å². The van der Waals surface area contributed by atoms with Gasteiger partial charge < -0.3 is 14.7 Å². The summed E-state index contributed by atoms with van der Waals surface area (Å²) in [7, 11) is 1.61. The number of para-hydroxylation sites is 1. The van der Waals surface area contributed by atoms with Gasteiger partial charge >= 0.3 is 5.97 Å². The minimum absolute atomic E-state index is 0.0480. The number of carboxylic acids is 1. The van der Waals surface area contributed by atoms with Crippen molar-refractivity contribution in [2.75, 3.05) is 18.6 Å². The maximum atomic E-state index is 11.1. The largest absolute Gasteiger partial charge is 0.496 e. The summed E-state index contributed by atoms with van der Waals surface area (Å²) in [6, 6.07) is 15.2. The van der Waals surface area contributed by atoms with Crippen LogP contribution in [-0.2, 0) is 11.3 Å². The average Bonchev–Trinajstić information content (AvgIpc) is 2.47. The van der Waals surface area contributed by atoms with Gasteiger partial charge in [0.2, 0.25) is 0 Å². The van der Waals surface area contributed by atoms with Crippen LogP contribution in [0.5, 0.6) is 5.75 Å². The van der Waals surface area contributed by atoms with Crippen molar-refractivity contribution in [2.24, 2.45) is 0 Å². The second kappa shape index (κ2) is 7.13. The van der Waals surface area contributed by atoms with E-state index in [0.29, 0.717) is 6.54 Å². The fourth-order valence-electron chi connectivity index (χ4n) is 2.07. The van der Waals surface area contributed by atoms with Crippen LogP contribution in [0.15, 0.2) is 53.0 Å². The van der Waals surface area contributed by atoms with E-state index in [-0.39, 0.29) is 6.54 Å². The molecule has 0 atom stereocenters. The van der Waals surface area contributed by atoms with Crippen molar-refractivity contribution >= 4 is 27.6 Å². The Hall–Kier alpha value is -2.01. The smallest absolute Gasteiger partial charge is 0.323 e. The molecule has 21 heavy (non-hydrogen) atoms. The Morgan fingerprint density at radius 3 is 2.52 bits per heavy atom.